The van der Waals surface area contributed by atoms with Crippen LogP contribution in [0.3, 0.4) is 0 Å². The van der Waals surface area contributed by atoms with Crippen molar-refractivity contribution in [1.82, 2.24) is 15.4 Å². The van der Waals surface area contributed by atoms with E-state index in [1.807, 2.05) is 37.1 Å². The SMILES string of the molecule is Cc1cc(CN(C)CC(=O)NCc2ccc(Cl)s2)no1. The highest BCUT2D eigenvalue weighted by atomic mass is 35.5. The van der Waals surface area contributed by atoms with Gasteiger partial charge in [0.05, 0.1) is 23.1 Å². The Labute approximate surface area is 126 Å². The Bertz CT molecular complexity index is 582. The molecule has 0 fully saturated rings. The summed E-state index contributed by atoms with van der Waals surface area (Å²) >= 11 is 7.30. The van der Waals surface area contributed by atoms with E-state index in [-0.39, 0.29) is 5.91 Å². The maximum atomic E-state index is 11.8. The van der Waals surface area contributed by atoms with Crippen LogP contribution in [0.1, 0.15) is 16.3 Å². The molecule has 2 aromatic heterocycles. The second kappa shape index (κ2) is 6.88. The van der Waals surface area contributed by atoms with Crippen LogP contribution in [0, 0.1) is 6.92 Å². The van der Waals surface area contributed by atoms with E-state index in [9.17, 15) is 4.79 Å². The van der Waals surface area contributed by atoms with Gasteiger partial charge in [-0.05, 0) is 26.1 Å². The summed E-state index contributed by atoms with van der Waals surface area (Å²) in [6, 6.07) is 5.60. The molecule has 0 spiro atoms. The molecule has 0 aliphatic heterocycles. The van der Waals surface area contributed by atoms with Crippen molar-refractivity contribution < 1.29 is 9.32 Å². The van der Waals surface area contributed by atoms with Crippen LogP contribution in [0.5, 0.6) is 0 Å². The predicted octanol–water partition coefficient (Wildman–Crippen LogP) is 2.45. The summed E-state index contributed by atoms with van der Waals surface area (Å²) in [4.78, 5) is 14.7. The van der Waals surface area contributed by atoms with Gasteiger partial charge in [0.2, 0.25) is 5.91 Å². The van der Waals surface area contributed by atoms with Gasteiger partial charge in [-0.15, -0.1) is 11.3 Å². The number of rotatable bonds is 6. The molecule has 5 nitrogen and oxygen atoms in total. The zero-order valence-corrected chi connectivity index (χ0v) is 12.9. The second-order valence-electron chi connectivity index (χ2n) is 4.58. The molecule has 0 aliphatic rings. The smallest absolute Gasteiger partial charge is 0.234 e. The lowest BCUT2D eigenvalue weighted by atomic mass is 10.3. The number of carbonyl (C=O) groups excluding carboxylic acids is 1. The molecular weight excluding hydrogens is 298 g/mol. The minimum Gasteiger partial charge on any atom is -0.361 e. The number of likely N-dealkylation sites (N-methyl/N-ethyl adjacent to an activating group) is 1. The first-order valence-electron chi connectivity index (χ1n) is 6.14. The first kappa shape index (κ1) is 15.0. The molecule has 2 rings (SSSR count). The van der Waals surface area contributed by atoms with E-state index in [4.69, 9.17) is 16.1 Å². The number of nitrogens with zero attached hydrogens (tertiary/aromatic N) is 2. The summed E-state index contributed by atoms with van der Waals surface area (Å²) in [5, 5.41) is 6.76. The topological polar surface area (TPSA) is 58.4 Å². The highest BCUT2D eigenvalue weighted by Gasteiger charge is 2.09. The van der Waals surface area contributed by atoms with E-state index < -0.39 is 0 Å². The molecule has 2 heterocycles. The Kier molecular flexibility index (Phi) is 5.17. The lowest BCUT2D eigenvalue weighted by Gasteiger charge is -2.14. The minimum absolute atomic E-state index is 0.0303. The quantitative estimate of drug-likeness (QED) is 0.890. The van der Waals surface area contributed by atoms with Gasteiger partial charge in [-0.1, -0.05) is 16.8 Å². The van der Waals surface area contributed by atoms with Crippen LogP contribution in [0.25, 0.3) is 0 Å². The Hall–Kier alpha value is -1.37. The molecule has 20 heavy (non-hydrogen) atoms. The molecule has 0 unspecified atom stereocenters. The van der Waals surface area contributed by atoms with Crippen LogP contribution in [0.15, 0.2) is 22.7 Å². The fourth-order valence-electron chi connectivity index (χ4n) is 1.76. The third-order valence-electron chi connectivity index (χ3n) is 2.61. The summed E-state index contributed by atoms with van der Waals surface area (Å²) in [6.07, 6.45) is 0. The van der Waals surface area contributed by atoms with Gasteiger partial charge in [0.25, 0.3) is 0 Å². The lowest BCUT2D eigenvalue weighted by Crippen LogP contribution is -2.34. The average molecular weight is 314 g/mol. The number of hydrogen-bond acceptors (Lipinski definition) is 5. The van der Waals surface area contributed by atoms with Crippen molar-refractivity contribution in [3.63, 3.8) is 0 Å². The molecule has 0 radical (unpaired) electrons. The minimum atomic E-state index is -0.0303. The Morgan fingerprint density at radius 1 is 1.55 bits per heavy atom. The maximum absolute atomic E-state index is 11.8. The fraction of sp³-hybridized carbons (Fsp3) is 0.385. The predicted molar refractivity (Wildman–Crippen MR) is 78.7 cm³/mol. The van der Waals surface area contributed by atoms with Gasteiger partial charge in [-0.3, -0.25) is 9.69 Å². The monoisotopic (exact) mass is 313 g/mol. The fourth-order valence-corrected chi connectivity index (χ4v) is 2.79. The van der Waals surface area contributed by atoms with Gasteiger partial charge in [-0.25, -0.2) is 0 Å². The summed E-state index contributed by atoms with van der Waals surface area (Å²) in [5.74, 6) is 0.740. The number of aryl methyl sites for hydroxylation is 1. The van der Waals surface area contributed by atoms with Crippen molar-refractivity contribution in [3.8, 4) is 0 Å². The standard InChI is InChI=1S/C13H16ClN3O2S/c1-9-5-10(16-19-9)7-17(2)8-13(18)15-6-11-3-4-12(14)20-11/h3-5H,6-8H2,1-2H3,(H,15,18). The molecule has 0 bridgehead atoms. The normalized spacial score (nSPS) is 11.0. The molecule has 0 atom stereocenters. The van der Waals surface area contributed by atoms with Gasteiger partial charge in [-0.2, -0.15) is 0 Å². The molecule has 2 aromatic rings. The highest BCUT2D eigenvalue weighted by molar-refractivity contribution is 7.16. The molecule has 108 valence electrons. The van der Waals surface area contributed by atoms with Crippen molar-refractivity contribution in [2.75, 3.05) is 13.6 Å². The molecule has 1 amide bonds. The number of hydrogen-bond donors (Lipinski definition) is 1. The van der Waals surface area contributed by atoms with Gasteiger partial charge in [0, 0.05) is 17.5 Å². The van der Waals surface area contributed by atoms with Crippen LogP contribution in [-0.2, 0) is 17.9 Å². The van der Waals surface area contributed by atoms with Crippen molar-refractivity contribution >= 4 is 28.8 Å². The Balaban J connectivity index is 1.73. The van der Waals surface area contributed by atoms with Crippen LogP contribution in [-0.4, -0.2) is 29.6 Å². The van der Waals surface area contributed by atoms with Gasteiger partial charge >= 0.3 is 0 Å². The summed E-state index contributed by atoms with van der Waals surface area (Å²) in [6.45, 7) is 3.24. The molecule has 7 heteroatoms. The van der Waals surface area contributed by atoms with E-state index in [1.54, 1.807) is 0 Å². The molecule has 0 aliphatic carbocycles. The third-order valence-corrected chi connectivity index (χ3v) is 3.84. The molecule has 1 N–H and O–H groups in total. The molecular formula is C13H16ClN3O2S. The number of thiophene rings is 1. The first-order valence-corrected chi connectivity index (χ1v) is 7.34. The number of amides is 1. The summed E-state index contributed by atoms with van der Waals surface area (Å²) in [7, 11) is 1.87. The van der Waals surface area contributed by atoms with Crippen LogP contribution >= 0.6 is 22.9 Å². The van der Waals surface area contributed by atoms with Crippen molar-refractivity contribution in [2.24, 2.45) is 0 Å². The van der Waals surface area contributed by atoms with Crippen LogP contribution in [0.4, 0.5) is 0 Å². The van der Waals surface area contributed by atoms with E-state index in [1.165, 1.54) is 11.3 Å². The maximum Gasteiger partial charge on any atom is 0.234 e. The number of nitrogens with one attached hydrogen (secondary N) is 1. The average Bonchev–Trinajstić information content (AvgIpc) is 2.96. The van der Waals surface area contributed by atoms with E-state index >= 15 is 0 Å². The van der Waals surface area contributed by atoms with Crippen molar-refractivity contribution in [1.29, 1.82) is 0 Å². The summed E-state index contributed by atoms with van der Waals surface area (Å²) in [5.41, 5.74) is 0.822. The molecule has 0 saturated carbocycles. The Morgan fingerprint density at radius 2 is 2.35 bits per heavy atom. The number of carbonyl (C=O) groups is 1. The largest absolute Gasteiger partial charge is 0.361 e. The molecule has 0 aromatic carbocycles. The van der Waals surface area contributed by atoms with Crippen molar-refractivity contribution in [2.45, 2.75) is 20.0 Å². The molecule has 0 saturated heterocycles. The van der Waals surface area contributed by atoms with E-state index in [2.05, 4.69) is 10.5 Å². The Morgan fingerprint density at radius 3 is 2.95 bits per heavy atom. The number of aromatic nitrogens is 1. The third kappa shape index (κ3) is 4.63. The highest BCUT2D eigenvalue weighted by Crippen LogP contribution is 2.20. The zero-order valence-electron chi connectivity index (χ0n) is 11.4. The second-order valence-corrected chi connectivity index (χ2v) is 6.38. The number of halogens is 1. The van der Waals surface area contributed by atoms with Crippen LogP contribution in [0.2, 0.25) is 4.34 Å². The summed E-state index contributed by atoms with van der Waals surface area (Å²) < 4.78 is 5.72. The van der Waals surface area contributed by atoms with Crippen molar-refractivity contribution in [3.05, 3.63) is 38.9 Å². The lowest BCUT2D eigenvalue weighted by molar-refractivity contribution is -0.122. The van der Waals surface area contributed by atoms with E-state index in [0.717, 1.165) is 20.7 Å². The van der Waals surface area contributed by atoms with Crippen LogP contribution < -0.4 is 5.32 Å². The van der Waals surface area contributed by atoms with Gasteiger partial charge in [0.15, 0.2) is 0 Å². The van der Waals surface area contributed by atoms with Gasteiger partial charge < -0.3 is 9.84 Å². The zero-order chi connectivity index (χ0) is 14.5. The first-order chi connectivity index (χ1) is 9.52. The van der Waals surface area contributed by atoms with Gasteiger partial charge in [0.1, 0.15) is 5.76 Å². The van der Waals surface area contributed by atoms with E-state index in [0.29, 0.717) is 19.6 Å².